The van der Waals surface area contributed by atoms with Gasteiger partial charge in [0.05, 0.1) is 5.52 Å². The van der Waals surface area contributed by atoms with Crippen molar-refractivity contribution in [2.45, 2.75) is 38.6 Å². The lowest BCUT2D eigenvalue weighted by Crippen LogP contribution is -2.27. The van der Waals surface area contributed by atoms with Crippen LogP contribution in [0.25, 0.3) is 10.9 Å². The van der Waals surface area contributed by atoms with E-state index in [2.05, 4.69) is 51.4 Å². The van der Waals surface area contributed by atoms with Gasteiger partial charge in [-0.2, -0.15) is 0 Å². The zero-order valence-corrected chi connectivity index (χ0v) is 12.3. The first-order valence-electron chi connectivity index (χ1n) is 6.83. The Hall–Kier alpha value is -0.800. The number of aromatic amines is 1. The lowest BCUT2D eigenvalue weighted by molar-refractivity contribution is 0.406. The van der Waals surface area contributed by atoms with Gasteiger partial charge >= 0.3 is 0 Å². The van der Waals surface area contributed by atoms with Crippen molar-refractivity contribution in [3.05, 3.63) is 33.9 Å². The Labute approximate surface area is 116 Å². The fraction of sp³-hybridized carbons (Fsp3) is 0.467. The molecule has 1 aromatic carbocycles. The maximum absolute atomic E-state index is 3.78. The number of halogens is 1. The Morgan fingerprint density at radius 2 is 2.22 bits per heavy atom. The van der Waals surface area contributed by atoms with Gasteiger partial charge in [0, 0.05) is 21.6 Å². The van der Waals surface area contributed by atoms with Crippen molar-refractivity contribution in [2.75, 3.05) is 6.54 Å². The summed E-state index contributed by atoms with van der Waals surface area (Å²) < 4.78 is 1.24. The summed E-state index contributed by atoms with van der Waals surface area (Å²) in [6.07, 6.45) is 4.92. The average molecular weight is 307 g/mol. The van der Waals surface area contributed by atoms with Crippen LogP contribution < -0.4 is 5.32 Å². The van der Waals surface area contributed by atoms with Crippen molar-refractivity contribution in [1.29, 1.82) is 0 Å². The van der Waals surface area contributed by atoms with E-state index in [1.165, 1.54) is 45.9 Å². The molecule has 18 heavy (non-hydrogen) atoms. The lowest BCUT2D eigenvalue weighted by Gasteiger charge is -2.23. The van der Waals surface area contributed by atoms with Crippen molar-refractivity contribution in [2.24, 2.45) is 0 Å². The molecule has 1 aromatic heterocycles. The highest BCUT2D eigenvalue weighted by Crippen LogP contribution is 2.35. The second kappa shape index (κ2) is 5.06. The largest absolute Gasteiger partial charge is 0.356 e. The Balaban J connectivity index is 2.09. The summed E-state index contributed by atoms with van der Waals surface area (Å²) >= 11 is 3.78. The summed E-state index contributed by atoms with van der Waals surface area (Å²) in [6.45, 7) is 3.34. The van der Waals surface area contributed by atoms with Crippen molar-refractivity contribution in [3.8, 4) is 0 Å². The zero-order valence-electron chi connectivity index (χ0n) is 10.7. The van der Waals surface area contributed by atoms with E-state index in [4.69, 9.17) is 0 Å². The van der Waals surface area contributed by atoms with Gasteiger partial charge in [-0.1, -0.05) is 31.5 Å². The van der Waals surface area contributed by atoms with Crippen molar-refractivity contribution < 1.29 is 0 Å². The maximum Gasteiger partial charge on any atom is 0.0500 e. The van der Waals surface area contributed by atoms with Gasteiger partial charge in [0.25, 0.3) is 0 Å². The second-order valence-electron chi connectivity index (χ2n) is 5.05. The van der Waals surface area contributed by atoms with Crippen LogP contribution in [0.15, 0.2) is 22.7 Å². The molecule has 2 N–H and O–H groups in total. The monoisotopic (exact) mass is 306 g/mol. The van der Waals surface area contributed by atoms with Gasteiger partial charge in [-0.15, -0.1) is 0 Å². The predicted octanol–water partition coefficient (Wildman–Crippen LogP) is 4.31. The van der Waals surface area contributed by atoms with E-state index < -0.39 is 0 Å². The number of rotatable bonds is 2. The third kappa shape index (κ3) is 1.99. The fourth-order valence-corrected chi connectivity index (χ4v) is 3.60. The molecule has 1 unspecified atom stereocenters. The van der Waals surface area contributed by atoms with Gasteiger partial charge in [0.2, 0.25) is 0 Å². The van der Waals surface area contributed by atoms with E-state index in [1.54, 1.807) is 0 Å². The molecule has 0 spiro atoms. The number of hydrogen-bond donors (Lipinski definition) is 2. The first-order valence-corrected chi connectivity index (χ1v) is 7.63. The number of nitrogens with one attached hydrogen (secondary N) is 2. The topological polar surface area (TPSA) is 27.8 Å². The van der Waals surface area contributed by atoms with Crippen molar-refractivity contribution >= 4 is 26.8 Å². The summed E-state index contributed by atoms with van der Waals surface area (Å²) in [5, 5.41) is 4.93. The molecular formula is C15H19BrN2. The number of piperidine rings is 1. The van der Waals surface area contributed by atoms with Gasteiger partial charge < -0.3 is 10.3 Å². The minimum Gasteiger partial charge on any atom is -0.356 e. The van der Waals surface area contributed by atoms with E-state index in [0.717, 1.165) is 13.0 Å². The Kier molecular flexibility index (Phi) is 3.44. The number of fused-ring (bicyclic) bond motifs is 1. The third-order valence-electron chi connectivity index (χ3n) is 3.92. The minimum atomic E-state index is 0.477. The highest BCUT2D eigenvalue weighted by Gasteiger charge is 2.21. The summed E-state index contributed by atoms with van der Waals surface area (Å²) in [5.41, 5.74) is 4.02. The quantitative estimate of drug-likeness (QED) is 0.850. The predicted molar refractivity (Wildman–Crippen MR) is 80.0 cm³/mol. The molecule has 1 aliphatic heterocycles. The van der Waals surface area contributed by atoms with E-state index >= 15 is 0 Å². The van der Waals surface area contributed by atoms with Crippen LogP contribution in [0.5, 0.6) is 0 Å². The molecule has 1 fully saturated rings. The van der Waals surface area contributed by atoms with Crippen LogP contribution in [-0.4, -0.2) is 11.5 Å². The molecule has 0 aliphatic carbocycles. The summed E-state index contributed by atoms with van der Waals surface area (Å²) in [6, 6.07) is 7.04. The van der Waals surface area contributed by atoms with Crippen LogP contribution in [-0.2, 0) is 6.42 Å². The maximum atomic E-state index is 3.78. The van der Waals surface area contributed by atoms with Crippen LogP contribution >= 0.6 is 15.9 Å². The van der Waals surface area contributed by atoms with E-state index in [1.807, 2.05) is 0 Å². The molecule has 96 valence electrons. The van der Waals surface area contributed by atoms with Gasteiger partial charge in [0.15, 0.2) is 0 Å². The Morgan fingerprint density at radius 3 is 2.94 bits per heavy atom. The number of aromatic nitrogens is 1. The Morgan fingerprint density at radius 1 is 1.33 bits per heavy atom. The standard InChI is InChI=1S/C15H19BrN2/c1-2-10-6-5-7-11-13(16)15(18-14(10)11)12-8-3-4-9-17-12/h5-7,12,17-18H,2-4,8-9H2,1H3. The number of aryl methyl sites for hydroxylation is 1. The molecule has 0 saturated carbocycles. The SMILES string of the molecule is CCc1cccc2c(Br)c(C3CCCCN3)[nH]c12. The molecule has 1 aliphatic rings. The summed E-state index contributed by atoms with van der Waals surface area (Å²) in [4.78, 5) is 3.64. The normalized spacial score (nSPS) is 20.4. The second-order valence-corrected chi connectivity index (χ2v) is 5.84. The molecule has 2 nitrogen and oxygen atoms in total. The van der Waals surface area contributed by atoms with E-state index in [0.29, 0.717) is 6.04 Å². The molecule has 1 atom stereocenters. The van der Waals surface area contributed by atoms with E-state index in [-0.39, 0.29) is 0 Å². The first-order chi connectivity index (χ1) is 8.81. The summed E-state index contributed by atoms with van der Waals surface area (Å²) in [7, 11) is 0. The number of hydrogen-bond acceptors (Lipinski definition) is 1. The van der Waals surface area contributed by atoms with Crippen LogP contribution in [0.3, 0.4) is 0 Å². The molecule has 2 heterocycles. The van der Waals surface area contributed by atoms with Gasteiger partial charge in [-0.05, 0) is 47.3 Å². The molecular weight excluding hydrogens is 288 g/mol. The van der Waals surface area contributed by atoms with Crippen LogP contribution in [0, 0.1) is 0 Å². The third-order valence-corrected chi connectivity index (χ3v) is 4.78. The molecule has 1 saturated heterocycles. The van der Waals surface area contributed by atoms with Crippen LogP contribution in [0.4, 0.5) is 0 Å². The lowest BCUT2D eigenvalue weighted by atomic mass is 10.0. The fourth-order valence-electron chi connectivity index (χ4n) is 2.90. The first kappa shape index (κ1) is 12.2. The van der Waals surface area contributed by atoms with E-state index in [9.17, 15) is 0 Å². The van der Waals surface area contributed by atoms with Crippen molar-refractivity contribution in [3.63, 3.8) is 0 Å². The van der Waals surface area contributed by atoms with Gasteiger partial charge in [0.1, 0.15) is 0 Å². The van der Waals surface area contributed by atoms with Crippen molar-refractivity contribution in [1.82, 2.24) is 10.3 Å². The highest BCUT2D eigenvalue weighted by molar-refractivity contribution is 9.10. The smallest absolute Gasteiger partial charge is 0.0500 e. The number of para-hydroxylation sites is 1. The number of benzene rings is 1. The Bertz CT molecular complexity index is 553. The molecule has 0 bridgehead atoms. The van der Waals surface area contributed by atoms with Crippen LogP contribution in [0.2, 0.25) is 0 Å². The highest BCUT2D eigenvalue weighted by atomic mass is 79.9. The molecule has 3 heteroatoms. The summed E-state index contributed by atoms with van der Waals surface area (Å²) in [5.74, 6) is 0. The van der Waals surface area contributed by atoms with Gasteiger partial charge in [-0.3, -0.25) is 0 Å². The average Bonchev–Trinajstić information content (AvgIpc) is 2.77. The zero-order chi connectivity index (χ0) is 12.5. The molecule has 0 amide bonds. The molecule has 0 radical (unpaired) electrons. The molecule has 3 rings (SSSR count). The minimum absolute atomic E-state index is 0.477. The van der Waals surface area contributed by atoms with Crippen LogP contribution in [0.1, 0.15) is 43.5 Å². The van der Waals surface area contributed by atoms with Gasteiger partial charge in [-0.25, -0.2) is 0 Å². The number of H-pyrrole nitrogens is 1. The molecule has 2 aromatic rings.